The number of halogens is 3. The lowest BCUT2D eigenvalue weighted by Gasteiger charge is -2.21. The summed E-state index contributed by atoms with van der Waals surface area (Å²) in [5.74, 6) is -0.778. The van der Waals surface area contributed by atoms with Gasteiger partial charge in [0.2, 0.25) is 0 Å². The van der Waals surface area contributed by atoms with Crippen molar-refractivity contribution in [3.63, 3.8) is 0 Å². The molecule has 1 saturated carbocycles. The Kier molecular flexibility index (Phi) is 3.04. The van der Waals surface area contributed by atoms with Crippen LogP contribution in [-0.2, 0) is 0 Å². The molecule has 19 heavy (non-hydrogen) atoms. The number of hydrogen-bond donors (Lipinski definition) is 3. The maximum atomic E-state index is 12.9. The highest BCUT2D eigenvalue weighted by Crippen LogP contribution is 2.54. The van der Waals surface area contributed by atoms with Crippen LogP contribution in [0.1, 0.15) is 22.5 Å². The van der Waals surface area contributed by atoms with E-state index in [1.165, 1.54) is 7.11 Å². The highest BCUT2D eigenvalue weighted by atomic mass is 32.1. The second-order valence-electron chi connectivity index (χ2n) is 4.28. The molecule has 5 N–H and O–H groups in total. The van der Waals surface area contributed by atoms with Gasteiger partial charge < -0.3 is 21.5 Å². The third-order valence-electron chi connectivity index (χ3n) is 2.97. The molecular weight excluding hydrogens is 283 g/mol. The number of ether oxygens (including phenoxy) is 1. The summed E-state index contributed by atoms with van der Waals surface area (Å²) in [5.41, 5.74) is 8.74. The van der Waals surface area contributed by atoms with Crippen LogP contribution in [-0.4, -0.2) is 24.7 Å². The fourth-order valence-electron chi connectivity index (χ4n) is 1.72. The lowest BCUT2D eigenvalue weighted by atomic mass is 10.2. The Labute approximate surface area is 110 Å². The van der Waals surface area contributed by atoms with Crippen molar-refractivity contribution < 1.29 is 22.7 Å². The van der Waals surface area contributed by atoms with Crippen molar-refractivity contribution in [1.82, 2.24) is 0 Å². The number of methoxy groups -OCH3 is 1. The van der Waals surface area contributed by atoms with Crippen LogP contribution < -0.4 is 21.5 Å². The molecule has 1 fully saturated rings. The molecule has 0 bridgehead atoms. The number of rotatable bonds is 4. The highest BCUT2D eigenvalue weighted by molar-refractivity contribution is 7.19. The highest BCUT2D eigenvalue weighted by Gasteiger charge is 2.64. The van der Waals surface area contributed by atoms with Crippen molar-refractivity contribution >= 4 is 27.9 Å². The first kappa shape index (κ1) is 13.8. The quantitative estimate of drug-likeness (QED) is 0.792. The van der Waals surface area contributed by atoms with Crippen LogP contribution >= 0.6 is 11.3 Å². The fraction of sp³-hybridized carbons (Fsp3) is 0.500. The first-order valence-electron chi connectivity index (χ1n) is 5.33. The minimum atomic E-state index is -4.37. The van der Waals surface area contributed by atoms with E-state index in [0.29, 0.717) is 0 Å². The molecule has 1 aliphatic carbocycles. The topological polar surface area (TPSA) is 90.4 Å². The summed E-state index contributed by atoms with van der Waals surface area (Å²) in [5, 5.41) is 2.46. The number of nitrogen functional groups attached to an aromatic ring is 1. The van der Waals surface area contributed by atoms with Gasteiger partial charge in [-0.1, -0.05) is 0 Å². The second-order valence-corrected chi connectivity index (χ2v) is 5.30. The van der Waals surface area contributed by atoms with Gasteiger partial charge in [0.05, 0.1) is 7.11 Å². The van der Waals surface area contributed by atoms with Crippen LogP contribution in [0.2, 0.25) is 0 Å². The average Bonchev–Trinajstić information content (AvgIpc) is 2.99. The Bertz CT molecular complexity index is 523. The van der Waals surface area contributed by atoms with Crippen LogP contribution in [0.5, 0.6) is 5.75 Å². The molecular formula is C10H12F3N3O2S. The summed E-state index contributed by atoms with van der Waals surface area (Å²) in [4.78, 5) is 11.1. The molecule has 0 atom stereocenters. The van der Waals surface area contributed by atoms with Crippen LogP contribution in [0.3, 0.4) is 0 Å². The Balaban J connectivity index is 2.36. The number of primary amides is 1. The molecule has 0 saturated heterocycles. The molecule has 1 aromatic heterocycles. The largest absolute Gasteiger partial charge is 0.492 e. The Morgan fingerprint density at radius 2 is 2.05 bits per heavy atom. The number of anilines is 2. The summed E-state index contributed by atoms with van der Waals surface area (Å²) in [7, 11) is 1.27. The minimum Gasteiger partial charge on any atom is -0.492 e. The zero-order chi connectivity index (χ0) is 14.4. The smallest absolute Gasteiger partial charge is 0.411 e. The van der Waals surface area contributed by atoms with Crippen LogP contribution in [0.4, 0.5) is 23.9 Å². The molecule has 1 aliphatic rings. The standard InChI is InChI=1S/C10H12F3N3O2S/c1-18-5-4(14)6(7(15)17)19-8(5)16-9(2-3-9)10(11,12)13/h16H,2-3,14H2,1H3,(H2,15,17). The number of carbonyl (C=O) groups excluding carboxylic acids is 1. The van der Waals surface area contributed by atoms with Crippen LogP contribution in [0.25, 0.3) is 0 Å². The van der Waals surface area contributed by atoms with Crippen molar-refractivity contribution in [1.29, 1.82) is 0 Å². The monoisotopic (exact) mass is 295 g/mol. The van der Waals surface area contributed by atoms with E-state index in [-0.39, 0.29) is 34.2 Å². The average molecular weight is 295 g/mol. The number of amides is 1. The van der Waals surface area contributed by atoms with E-state index in [1.54, 1.807) is 0 Å². The van der Waals surface area contributed by atoms with Gasteiger partial charge in [-0.15, -0.1) is 11.3 Å². The molecule has 1 amide bonds. The SMILES string of the molecule is COc1c(NC2(C(F)(F)F)CC2)sc(C(N)=O)c1N. The molecule has 0 radical (unpaired) electrons. The van der Waals surface area contributed by atoms with Crippen molar-refractivity contribution in [2.24, 2.45) is 5.73 Å². The Morgan fingerprint density at radius 3 is 2.42 bits per heavy atom. The predicted octanol–water partition coefficient (Wildman–Crippen LogP) is 1.94. The molecule has 0 spiro atoms. The number of nitrogens with one attached hydrogen (secondary N) is 1. The van der Waals surface area contributed by atoms with E-state index < -0.39 is 17.6 Å². The second kappa shape index (κ2) is 4.19. The van der Waals surface area contributed by atoms with Gasteiger partial charge in [-0.2, -0.15) is 13.2 Å². The molecule has 1 heterocycles. The minimum absolute atomic E-state index is 0.0164. The zero-order valence-electron chi connectivity index (χ0n) is 9.93. The zero-order valence-corrected chi connectivity index (χ0v) is 10.7. The number of alkyl halides is 3. The maximum absolute atomic E-state index is 12.9. The van der Waals surface area contributed by atoms with E-state index in [4.69, 9.17) is 16.2 Å². The summed E-state index contributed by atoms with van der Waals surface area (Å²) >= 11 is 0.766. The van der Waals surface area contributed by atoms with Crippen LogP contribution in [0, 0.1) is 0 Å². The first-order valence-corrected chi connectivity index (χ1v) is 6.14. The molecule has 5 nitrogen and oxygen atoms in total. The number of thiophene rings is 1. The summed E-state index contributed by atoms with van der Waals surface area (Å²) in [6.07, 6.45) is -4.42. The molecule has 106 valence electrons. The number of carbonyl (C=O) groups is 1. The van der Waals surface area contributed by atoms with E-state index in [9.17, 15) is 18.0 Å². The van der Waals surface area contributed by atoms with E-state index in [1.807, 2.05) is 0 Å². The van der Waals surface area contributed by atoms with Gasteiger partial charge in [0.25, 0.3) is 5.91 Å². The van der Waals surface area contributed by atoms with Gasteiger partial charge in [-0.25, -0.2) is 0 Å². The van der Waals surface area contributed by atoms with Gasteiger partial charge in [0, 0.05) is 0 Å². The molecule has 2 rings (SSSR count). The van der Waals surface area contributed by atoms with Crippen molar-refractivity contribution in [3.05, 3.63) is 4.88 Å². The maximum Gasteiger partial charge on any atom is 0.411 e. The van der Waals surface area contributed by atoms with E-state index in [0.717, 1.165) is 11.3 Å². The lowest BCUT2D eigenvalue weighted by Crippen LogP contribution is -2.38. The van der Waals surface area contributed by atoms with Gasteiger partial charge in [0.15, 0.2) is 5.75 Å². The Hall–Kier alpha value is -1.64. The van der Waals surface area contributed by atoms with Gasteiger partial charge in [-0.05, 0) is 12.8 Å². The lowest BCUT2D eigenvalue weighted by molar-refractivity contribution is -0.151. The fourth-order valence-corrected chi connectivity index (χ4v) is 2.76. The summed E-state index contributed by atoms with van der Waals surface area (Å²) in [6, 6.07) is 0. The van der Waals surface area contributed by atoms with Crippen molar-refractivity contribution in [2.45, 2.75) is 24.6 Å². The van der Waals surface area contributed by atoms with Crippen molar-refractivity contribution in [3.8, 4) is 5.75 Å². The first-order chi connectivity index (χ1) is 8.72. The summed E-state index contributed by atoms with van der Waals surface area (Å²) < 4.78 is 43.5. The molecule has 1 aromatic rings. The van der Waals surface area contributed by atoms with Crippen molar-refractivity contribution in [2.75, 3.05) is 18.2 Å². The third kappa shape index (κ3) is 2.18. The Morgan fingerprint density at radius 1 is 1.47 bits per heavy atom. The predicted molar refractivity (Wildman–Crippen MR) is 65.4 cm³/mol. The van der Waals surface area contributed by atoms with E-state index in [2.05, 4.69) is 5.32 Å². The van der Waals surface area contributed by atoms with Gasteiger partial charge in [-0.3, -0.25) is 4.79 Å². The normalized spacial score (nSPS) is 17.1. The molecule has 9 heteroatoms. The number of nitrogens with two attached hydrogens (primary N) is 2. The number of hydrogen-bond acceptors (Lipinski definition) is 5. The van der Waals surface area contributed by atoms with Crippen LogP contribution in [0.15, 0.2) is 0 Å². The van der Waals surface area contributed by atoms with E-state index >= 15 is 0 Å². The molecule has 0 unspecified atom stereocenters. The third-order valence-corrected chi connectivity index (χ3v) is 4.09. The van der Waals surface area contributed by atoms with Gasteiger partial charge in [0.1, 0.15) is 21.1 Å². The summed E-state index contributed by atoms with van der Waals surface area (Å²) in [6.45, 7) is 0. The molecule has 0 aromatic carbocycles. The molecule has 0 aliphatic heterocycles. The van der Waals surface area contributed by atoms with Gasteiger partial charge >= 0.3 is 6.18 Å².